The minimum absolute atomic E-state index is 0.158. The summed E-state index contributed by atoms with van der Waals surface area (Å²) in [4.78, 5) is 30.6. The van der Waals surface area contributed by atoms with Crippen molar-refractivity contribution in [2.24, 2.45) is 0 Å². The minimum Gasteiger partial charge on any atom is -0.454 e. The number of carbonyl (C=O) groups excluding carboxylic acids is 2. The quantitative estimate of drug-likeness (QED) is 0.523. The van der Waals surface area contributed by atoms with Crippen LogP contribution in [0, 0.1) is 0 Å². The Morgan fingerprint density at radius 2 is 1.56 bits per heavy atom. The summed E-state index contributed by atoms with van der Waals surface area (Å²) < 4.78 is 10.8. The fourth-order valence-electron chi connectivity index (χ4n) is 4.27. The summed E-state index contributed by atoms with van der Waals surface area (Å²) in [6.45, 7) is 6.09. The predicted octanol–water partition coefficient (Wildman–Crippen LogP) is 4.66. The van der Waals surface area contributed by atoms with Gasteiger partial charge in [0.1, 0.15) is 5.70 Å². The van der Waals surface area contributed by atoms with E-state index in [0.717, 1.165) is 18.8 Å². The van der Waals surface area contributed by atoms with Gasteiger partial charge in [-0.05, 0) is 55.8 Å². The van der Waals surface area contributed by atoms with Crippen LogP contribution in [0.25, 0.3) is 5.57 Å². The Bertz CT molecular complexity index is 1260. The van der Waals surface area contributed by atoms with E-state index in [1.54, 1.807) is 18.2 Å². The SMILES string of the molecule is CCN(CC)c1ccc(N2C(=O)C(Nc3ccc4c(c3)OCO4)=C(c3ccccc3)C2=O)cc1. The van der Waals surface area contributed by atoms with Crippen LogP contribution in [0.3, 0.4) is 0 Å². The summed E-state index contributed by atoms with van der Waals surface area (Å²) in [5.41, 5.74) is 3.43. The van der Waals surface area contributed by atoms with Crippen LogP contribution in [0.15, 0.2) is 78.5 Å². The highest BCUT2D eigenvalue weighted by Gasteiger charge is 2.40. The maximum absolute atomic E-state index is 13.6. The molecule has 3 aromatic rings. The summed E-state index contributed by atoms with van der Waals surface area (Å²) >= 11 is 0. The van der Waals surface area contributed by atoms with Crippen LogP contribution in [-0.2, 0) is 9.59 Å². The fourth-order valence-corrected chi connectivity index (χ4v) is 4.27. The maximum atomic E-state index is 13.6. The number of imide groups is 1. The number of fused-ring (bicyclic) bond motifs is 1. The van der Waals surface area contributed by atoms with Gasteiger partial charge in [0.05, 0.1) is 11.3 Å². The summed E-state index contributed by atoms with van der Waals surface area (Å²) in [7, 11) is 0. The molecule has 0 aliphatic carbocycles. The molecule has 0 saturated carbocycles. The van der Waals surface area contributed by atoms with Gasteiger partial charge in [-0.3, -0.25) is 9.59 Å². The first kappa shape index (κ1) is 21.6. The van der Waals surface area contributed by atoms with Crippen molar-refractivity contribution in [3.8, 4) is 11.5 Å². The molecule has 1 N–H and O–H groups in total. The second-order valence-corrected chi connectivity index (χ2v) is 7.94. The molecule has 172 valence electrons. The van der Waals surface area contributed by atoms with Gasteiger partial charge in [-0.25, -0.2) is 4.90 Å². The lowest BCUT2D eigenvalue weighted by Gasteiger charge is -2.22. The van der Waals surface area contributed by atoms with Crippen LogP contribution >= 0.6 is 0 Å². The molecule has 34 heavy (non-hydrogen) atoms. The Labute approximate surface area is 198 Å². The molecule has 0 unspecified atom stereocenters. The lowest BCUT2D eigenvalue weighted by Crippen LogP contribution is -2.32. The molecule has 2 amide bonds. The standard InChI is InChI=1S/C27H25N3O4/c1-3-29(4-2)20-11-13-21(14-12-20)30-26(31)24(18-8-6-5-7-9-18)25(27(30)32)28-19-10-15-22-23(16-19)34-17-33-22/h5-16,28H,3-4,17H2,1-2H3. The van der Waals surface area contributed by atoms with E-state index in [1.165, 1.54) is 4.90 Å². The van der Waals surface area contributed by atoms with Crippen molar-refractivity contribution in [2.75, 3.05) is 35.0 Å². The van der Waals surface area contributed by atoms with Crippen molar-refractivity contribution < 1.29 is 19.1 Å². The van der Waals surface area contributed by atoms with E-state index in [4.69, 9.17) is 9.47 Å². The smallest absolute Gasteiger partial charge is 0.282 e. The number of carbonyl (C=O) groups is 2. The first-order chi connectivity index (χ1) is 16.6. The molecule has 3 aromatic carbocycles. The Morgan fingerprint density at radius 3 is 2.26 bits per heavy atom. The third kappa shape index (κ3) is 3.75. The Balaban J connectivity index is 1.52. The van der Waals surface area contributed by atoms with Crippen LogP contribution in [0.1, 0.15) is 19.4 Å². The molecule has 0 fully saturated rings. The summed E-state index contributed by atoms with van der Waals surface area (Å²) in [6, 6.07) is 22.1. The zero-order valence-corrected chi connectivity index (χ0v) is 19.1. The first-order valence-electron chi connectivity index (χ1n) is 11.3. The number of hydrogen-bond donors (Lipinski definition) is 1. The number of ether oxygens (including phenoxy) is 2. The van der Waals surface area contributed by atoms with E-state index in [1.807, 2.05) is 54.6 Å². The number of nitrogens with one attached hydrogen (secondary N) is 1. The van der Waals surface area contributed by atoms with Crippen molar-refractivity contribution in [1.29, 1.82) is 0 Å². The normalized spacial score (nSPS) is 14.7. The Kier molecular flexibility index (Phi) is 5.67. The molecule has 0 radical (unpaired) electrons. The highest BCUT2D eigenvalue weighted by molar-refractivity contribution is 6.46. The molecular weight excluding hydrogens is 430 g/mol. The van der Waals surface area contributed by atoms with Crippen molar-refractivity contribution in [3.63, 3.8) is 0 Å². The summed E-state index contributed by atoms with van der Waals surface area (Å²) in [6.07, 6.45) is 0. The van der Waals surface area contributed by atoms with Crippen molar-refractivity contribution in [3.05, 3.63) is 84.1 Å². The number of anilines is 3. The minimum atomic E-state index is -0.405. The molecule has 0 aromatic heterocycles. The van der Waals surface area contributed by atoms with Gasteiger partial charge in [-0.15, -0.1) is 0 Å². The van der Waals surface area contributed by atoms with Crippen LogP contribution in [0.5, 0.6) is 11.5 Å². The van der Waals surface area contributed by atoms with Crippen LogP contribution in [0.2, 0.25) is 0 Å². The number of benzene rings is 3. The molecule has 7 nitrogen and oxygen atoms in total. The van der Waals surface area contributed by atoms with Gasteiger partial charge < -0.3 is 19.7 Å². The lowest BCUT2D eigenvalue weighted by molar-refractivity contribution is -0.120. The van der Waals surface area contributed by atoms with Crippen LogP contribution in [0.4, 0.5) is 17.1 Å². The predicted molar refractivity (Wildman–Crippen MR) is 132 cm³/mol. The molecule has 0 saturated heterocycles. The second-order valence-electron chi connectivity index (χ2n) is 7.94. The number of hydrogen-bond acceptors (Lipinski definition) is 6. The number of nitrogens with zero attached hydrogens (tertiary/aromatic N) is 2. The van der Waals surface area contributed by atoms with Gasteiger partial charge in [-0.1, -0.05) is 30.3 Å². The number of rotatable bonds is 7. The largest absolute Gasteiger partial charge is 0.454 e. The number of amides is 2. The molecular formula is C27H25N3O4. The first-order valence-corrected chi connectivity index (χ1v) is 11.3. The van der Waals surface area contributed by atoms with Crippen molar-refractivity contribution in [2.45, 2.75) is 13.8 Å². The molecule has 7 heteroatoms. The van der Waals surface area contributed by atoms with Gasteiger partial charge in [-0.2, -0.15) is 0 Å². The van der Waals surface area contributed by atoms with Gasteiger partial charge in [0.2, 0.25) is 6.79 Å². The van der Waals surface area contributed by atoms with E-state index in [2.05, 4.69) is 24.1 Å². The highest BCUT2D eigenvalue weighted by atomic mass is 16.7. The van der Waals surface area contributed by atoms with Gasteiger partial charge in [0.15, 0.2) is 11.5 Å². The van der Waals surface area contributed by atoms with Crippen molar-refractivity contribution in [1.82, 2.24) is 0 Å². The Morgan fingerprint density at radius 1 is 0.853 bits per heavy atom. The van der Waals surface area contributed by atoms with E-state index in [0.29, 0.717) is 34.0 Å². The van der Waals surface area contributed by atoms with Crippen LogP contribution < -0.4 is 24.6 Å². The van der Waals surface area contributed by atoms with E-state index >= 15 is 0 Å². The third-order valence-electron chi connectivity index (χ3n) is 6.02. The van der Waals surface area contributed by atoms with Gasteiger partial charge in [0.25, 0.3) is 11.8 Å². The molecule has 2 aliphatic heterocycles. The third-order valence-corrected chi connectivity index (χ3v) is 6.02. The van der Waals surface area contributed by atoms with Crippen LogP contribution in [-0.4, -0.2) is 31.7 Å². The molecule has 0 atom stereocenters. The Hall–Kier alpha value is -4.26. The fraction of sp³-hybridized carbons (Fsp3) is 0.185. The molecule has 5 rings (SSSR count). The average Bonchev–Trinajstić information content (AvgIpc) is 3.43. The van der Waals surface area contributed by atoms with Crippen molar-refractivity contribution >= 4 is 34.4 Å². The molecule has 0 bridgehead atoms. The average molecular weight is 456 g/mol. The topological polar surface area (TPSA) is 71.1 Å². The van der Waals surface area contributed by atoms with E-state index in [-0.39, 0.29) is 18.4 Å². The lowest BCUT2D eigenvalue weighted by atomic mass is 10.0. The van der Waals surface area contributed by atoms with E-state index < -0.39 is 5.91 Å². The summed E-state index contributed by atoms with van der Waals surface area (Å²) in [5, 5.41) is 3.17. The monoisotopic (exact) mass is 455 g/mol. The van der Waals surface area contributed by atoms with Gasteiger partial charge >= 0.3 is 0 Å². The maximum Gasteiger partial charge on any atom is 0.282 e. The highest BCUT2D eigenvalue weighted by Crippen LogP contribution is 2.37. The molecule has 2 aliphatic rings. The molecule has 2 heterocycles. The molecule has 0 spiro atoms. The zero-order chi connectivity index (χ0) is 23.7. The zero-order valence-electron chi connectivity index (χ0n) is 19.1. The van der Waals surface area contributed by atoms with E-state index in [9.17, 15) is 9.59 Å². The van der Waals surface area contributed by atoms with Gasteiger partial charge in [0, 0.05) is 30.5 Å². The second kappa shape index (κ2) is 8.94. The summed E-state index contributed by atoms with van der Waals surface area (Å²) in [5.74, 6) is 0.464.